The molecule has 6 rings (SSSR count). The number of nitrogens with zero attached hydrogens (tertiary/aromatic N) is 9. The van der Waals surface area contributed by atoms with Crippen molar-refractivity contribution in [1.82, 2.24) is 24.5 Å². The number of para-hydroxylation sites is 1. The maximum absolute atomic E-state index is 9.46. The lowest BCUT2D eigenvalue weighted by Gasteiger charge is -2.34. The summed E-state index contributed by atoms with van der Waals surface area (Å²) in [5.41, 5.74) is 2.96. The van der Waals surface area contributed by atoms with Crippen LogP contribution in [0.4, 0.5) is 11.6 Å². The lowest BCUT2D eigenvalue weighted by atomic mass is 10.1. The first-order chi connectivity index (χ1) is 13.3. The van der Waals surface area contributed by atoms with Gasteiger partial charge in [-0.25, -0.2) is 20.0 Å². The molecular weight excluding hydrogens is 342 g/mol. The van der Waals surface area contributed by atoms with Crippen LogP contribution in [0.3, 0.4) is 0 Å². The van der Waals surface area contributed by atoms with E-state index in [-0.39, 0.29) is 0 Å². The smallest absolute Gasteiger partial charge is 0.208 e. The molecular formula is C18H15N9. The molecule has 4 heterocycles. The van der Waals surface area contributed by atoms with Crippen LogP contribution in [0.25, 0.3) is 5.69 Å². The zero-order valence-corrected chi connectivity index (χ0v) is 14.6. The van der Waals surface area contributed by atoms with Gasteiger partial charge in [0.1, 0.15) is 18.7 Å². The van der Waals surface area contributed by atoms with Crippen LogP contribution in [0.1, 0.15) is 30.5 Å². The zero-order chi connectivity index (χ0) is 18.1. The fraction of sp³-hybridized carbons (Fsp3) is 0.278. The van der Waals surface area contributed by atoms with Crippen LogP contribution in [-0.2, 0) is 0 Å². The van der Waals surface area contributed by atoms with Gasteiger partial charge in [0.2, 0.25) is 6.19 Å². The van der Waals surface area contributed by atoms with Crippen LogP contribution in [0.5, 0.6) is 0 Å². The van der Waals surface area contributed by atoms with Gasteiger partial charge >= 0.3 is 0 Å². The Morgan fingerprint density at radius 1 is 1.26 bits per heavy atom. The highest BCUT2D eigenvalue weighted by Crippen LogP contribution is 2.50. The van der Waals surface area contributed by atoms with Gasteiger partial charge in [0.25, 0.3) is 0 Å². The summed E-state index contributed by atoms with van der Waals surface area (Å²) in [6.07, 6.45) is 6.79. The number of anilines is 2. The van der Waals surface area contributed by atoms with Gasteiger partial charge in [-0.3, -0.25) is 4.57 Å². The van der Waals surface area contributed by atoms with E-state index in [1.54, 1.807) is 6.33 Å². The molecule has 0 radical (unpaired) electrons. The molecule has 132 valence electrons. The van der Waals surface area contributed by atoms with Crippen LogP contribution in [0.15, 0.2) is 41.8 Å². The minimum absolute atomic E-state index is 0.306. The Morgan fingerprint density at radius 3 is 2.93 bits per heavy atom. The van der Waals surface area contributed by atoms with Crippen LogP contribution < -0.4 is 10.0 Å². The zero-order valence-electron chi connectivity index (χ0n) is 14.6. The summed E-state index contributed by atoms with van der Waals surface area (Å²) in [5, 5.41) is 21.9. The van der Waals surface area contributed by atoms with Gasteiger partial charge in [0.05, 0.1) is 11.9 Å². The van der Waals surface area contributed by atoms with E-state index < -0.39 is 0 Å². The van der Waals surface area contributed by atoms with Crippen molar-refractivity contribution in [2.45, 2.75) is 19.3 Å². The van der Waals surface area contributed by atoms with Gasteiger partial charge in [-0.15, -0.1) is 9.78 Å². The molecule has 1 aromatic carbocycles. The van der Waals surface area contributed by atoms with Crippen LogP contribution in [0.2, 0.25) is 0 Å². The maximum Gasteiger partial charge on any atom is 0.208 e. The third-order valence-electron chi connectivity index (χ3n) is 5.52. The van der Waals surface area contributed by atoms with Crippen LogP contribution in [-0.4, -0.2) is 37.0 Å². The van der Waals surface area contributed by atoms with Crippen molar-refractivity contribution >= 4 is 17.5 Å². The molecule has 0 saturated heterocycles. The molecule has 0 spiro atoms. The van der Waals surface area contributed by atoms with E-state index in [0.717, 1.165) is 35.0 Å². The molecule has 0 bridgehead atoms. The summed E-state index contributed by atoms with van der Waals surface area (Å²) in [7, 11) is 0. The van der Waals surface area contributed by atoms with Gasteiger partial charge in [-0.2, -0.15) is 5.26 Å². The third-order valence-corrected chi connectivity index (χ3v) is 5.52. The number of hydrogen-bond acceptors (Lipinski definition) is 7. The highest BCUT2D eigenvalue weighted by Gasteiger charge is 2.44. The number of rotatable bonds is 2. The molecule has 2 aromatic heterocycles. The topological polar surface area (TPSA) is 91.2 Å². The highest BCUT2D eigenvalue weighted by molar-refractivity contribution is 6.16. The number of fused-ring (bicyclic) bond motifs is 6. The van der Waals surface area contributed by atoms with Crippen LogP contribution in [0, 0.1) is 17.4 Å². The molecule has 9 heteroatoms. The van der Waals surface area contributed by atoms with Crippen LogP contribution >= 0.6 is 0 Å². The molecule has 1 fully saturated rings. The Hall–Kier alpha value is -3.67. The Balaban J connectivity index is 1.51. The van der Waals surface area contributed by atoms with Gasteiger partial charge in [-0.1, -0.05) is 24.3 Å². The van der Waals surface area contributed by atoms with Crippen molar-refractivity contribution in [3.8, 4) is 11.9 Å². The molecule has 1 aliphatic carbocycles. The second-order valence-electron chi connectivity index (χ2n) is 7.10. The van der Waals surface area contributed by atoms with Crippen molar-refractivity contribution in [3.63, 3.8) is 0 Å². The second-order valence-corrected chi connectivity index (χ2v) is 7.10. The molecule has 2 atom stereocenters. The predicted molar refractivity (Wildman–Crippen MR) is 97.5 cm³/mol. The van der Waals surface area contributed by atoms with E-state index in [1.807, 2.05) is 32.9 Å². The average Bonchev–Trinajstić information content (AvgIpc) is 3.13. The summed E-state index contributed by atoms with van der Waals surface area (Å²) >= 11 is 0. The number of aromatic nitrogens is 5. The van der Waals surface area contributed by atoms with Crippen molar-refractivity contribution < 1.29 is 0 Å². The normalized spacial score (nSPS) is 22.0. The first-order valence-electron chi connectivity index (χ1n) is 8.88. The average molecular weight is 357 g/mol. The number of hydrogen-bond donors (Lipinski definition) is 0. The largest absolute Gasteiger partial charge is 0.283 e. The maximum atomic E-state index is 9.46. The monoisotopic (exact) mass is 357 g/mol. The molecule has 0 N–H and O–H groups in total. The summed E-state index contributed by atoms with van der Waals surface area (Å²) in [5.74, 6) is 3.29. The Morgan fingerprint density at radius 2 is 2.11 bits per heavy atom. The fourth-order valence-corrected chi connectivity index (χ4v) is 4.04. The second kappa shape index (κ2) is 4.94. The van der Waals surface area contributed by atoms with E-state index in [9.17, 15) is 5.26 Å². The molecule has 3 aromatic rings. The molecule has 27 heavy (non-hydrogen) atoms. The van der Waals surface area contributed by atoms with E-state index in [1.165, 1.54) is 4.68 Å². The minimum atomic E-state index is 0.306. The number of nitriles is 1. The first-order valence-corrected chi connectivity index (χ1v) is 8.88. The van der Waals surface area contributed by atoms with Crippen molar-refractivity contribution in [2.75, 3.05) is 16.7 Å². The van der Waals surface area contributed by atoms with E-state index in [0.29, 0.717) is 24.3 Å². The molecule has 3 aliphatic rings. The Kier molecular flexibility index (Phi) is 2.65. The van der Waals surface area contributed by atoms with E-state index in [4.69, 9.17) is 4.99 Å². The van der Waals surface area contributed by atoms with Crippen molar-refractivity contribution in [2.24, 2.45) is 10.9 Å². The van der Waals surface area contributed by atoms with Gasteiger partial charge < -0.3 is 0 Å². The van der Waals surface area contributed by atoms with Gasteiger partial charge in [0, 0.05) is 11.5 Å². The molecule has 9 nitrogen and oxygen atoms in total. The van der Waals surface area contributed by atoms with E-state index >= 15 is 0 Å². The van der Waals surface area contributed by atoms with Crippen molar-refractivity contribution in [3.05, 3.63) is 48.0 Å². The number of aliphatic imine (C=N–C) groups is 1. The summed E-state index contributed by atoms with van der Waals surface area (Å²) in [4.78, 5) is 9.12. The Labute approximate surface area is 154 Å². The molecule has 0 amide bonds. The molecule has 1 saturated carbocycles. The van der Waals surface area contributed by atoms with Crippen molar-refractivity contribution in [1.29, 1.82) is 5.26 Å². The highest BCUT2D eigenvalue weighted by atomic mass is 15.7. The first kappa shape index (κ1) is 14.5. The number of imidazole rings is 1. The SMILES string of the molecule is CC1CC1c1c(N2CN=C3c4ccccc4-n4cncc4N32)nnn1C#N. The minimum Gasteiger partial charge on any atom is -0.283 e. The molecule has 2 unspecified atom stereocenters. The third kappa shape index (κ3) is 1.81. The molecule has 2 aliphatic heterocycles. The standard InChI is InChI=1S/C18H15N9/c1-11-6-13(11)16-18(22-23-25(16)8-19)26-10-21-17-12-4-2-3-5-14(12)24-9-20-7-15(24)27(17)26/h2-5,7,9,11,13H,6,10H2,1H3. The quantitative estimate of drug-likeness (QED) is 0.695. The van der Waals surface area contributed by atoms with Gasteiger partial charge in [-0.05, 0) is 24.5 Å². The predicted octanol–water partition coefficient (Wildman–Crippen LogP) is 1.88. The van der Waals surface area contributed by atoms with E-state index in [2.05, 4.69) is 40.5 Å². The fourth-order valence-electron chi connectivity index (χ4n) is 4.04. The summed E-state index contributed by atoms with van der Waals surface area (Å²) < 4.78 is 3.39. The van der Waals surface area contributed by atoms with Gasteiger partial charge in [0.15, 0.2) is 17.5 Å². The summed E-state index contributed by atoms with van der Waals surface area (Å²) in [6.45, 7) is 2.61. The number of benzene rings is 1. The lowest BCUT2D eigenvalue weighted by Crippen LogP contribution is -2.46. The number of amidine groups is 1. The summed E-state index contributed by atoms with van der Waals surface area (Å²) in [6, 6.07) is 8.14. The Bertz CT molecular complexity index is 1150. The number of hydrazine groups is 1. The lowest BCUT2D eigenvalue weighted by molar-refractivity contribution is 0.759.